The minimum Gasteiger partial charge on any atom is -0.497 e. The van der Waals surface area contributed by atoms with E-state index in [0.717, 1.165) is 25.0 Å². The molecule has 25 heavy (non-hydrogen) atoms. The topological polar surface area (TPSA) is 51.9 Å². The summed E-state index contributed by atoms with van der Waals surface area (Å²) in [7, 11) is 1.68. The lowest BCUT2D eigenvalue weighted by molar-refractivity contribution is -0.0937. The summed E-state index contributed by atoms with van der Waals surface area (Å²) in [5, 5.41) is 0.232. The smallest absolute Gasteiger partial charge is 0.289 e. The van der Waals surface area contributed by atoms with Crippen molar-refractivity contribution < 1.29 is 18.7 Å². The van der Waals surface area contributed by atoms with E-state index in [1.807, 2.05) is 11.0 Å². The van der Waals surface area contributed by atoms with Crippen molar-refractivity contribution in [2.24, 2.45) is 0 Å². The van der Waals surface area contributed by atoms with E-state index in [1.54, 1.807) is 19.2 Å². The van der Waals surface area contributed by atoms with E-state index in [2.05, 4.69) is 12.1 Å². The SMILES string of the molecule is COc1ccc2c(c1)CCOC21CCN(C(=O)c2ccc(Cl)o2)CC1. The molecule has 4 rings (SSSR count). The number of benzene rings is 1. The van der Waals surface area contributed by atoms with Gasteiger partial charge in [-0.2, -0.15) is 0 Å². The third kappa shape index (κ3) is 2.92. The summed E-state index contributed by atoms with van der Waals surface area (Å²) < 4.78 is 16.8. The second-order valence-electron chi connectivity index (χ2n) is 6.51. The van der Waals surface area contributed by atoms with Crippen LogP contribution in [0.5, 0.6) is 5.75 Å². The fourth-order valence-electron chi connectivity index (χ4n) is 3.85. The predicted octanol–water partition coefficient (Wildman–Crippen LogP) is 3.65. The second kappa shape index (κ2) is 6.39. The lowest BCUT2D eigenvalue weighted by Crippen LogP contribution is -2.48. The minimum atomic E-state index is -0.308. The van der Waals surface area contributed by atoms with Crippen molar-refractivity contribution in [1.29, 1.82) is 0 Å². The highest BCUT2D eigenvalue weighted by Crippen LogP contribution is 2.42. The molecule has 1 fully saturated rings. The Morgan fingerprint density at radius 1 is 1.24 bits per heavy atom. The number of hydrogen-bond acceptors (Lipinski definition) is 4. The number of likely N-dealkylation sites (tertiary alicyclic amines) is 1. The van der Waals surface area contributed by atoms with Crippen LogP contribution >= 0.6 is 11.6 Å². The zero-order chi connectivity index (χ0) is 17.4. The fraction of sp³-hybridized carbons (Fsp3) is 0.421. The van der Waals surface area contributed by atoms with Gasteiger partial charge in [0.15, 0.2) is 11.0 Å². The minimum absolute atomic E-state index is 0.118. The van der Waals surface area contributed by atoms with Crippen LogP contribution in [-0.2, 0) is 16.8 Å². The first-order valence-electron chi connectivity index (χ1n) is 8.47. The molecule has 1 amide bonds. The average Bonchev–Trinajstić information content (AvgIpc) is 3.08. The number of rotatable bonds is 2. The lowest BCUT2D eigenvalue weighted by Gasteiger charge is -2.45. The first-order chi connectivity index (χ1) is 12.1. The molecule has 132 valence electrons. The largest absolute Gasteiger partial charge is 0.497 e. The molecular weight excluding hydrogens is 342 g/mol. The van der Waals surface area contributed by atoms with Gasteiger partial charge in [-0.3, -0.25) is 4.79 Å². The van der Waals surface area contributed by atoms with Crippen LogP contribution in [0.4, 0.5) is 0 Å². The van der Waals surface area contributed by atoms with E-state index in [4.69, 9.17) is 25.5 Å². The molecule has 1 aromatic heterocycles. The van der Waals surface area contributed by atoms with Crippen LogP contribution in [0.2, 0.25) is 5.22 Å². The molecule has 0 N–H and O–H groups in total. The van der Waals surface area contributed by atoms with Crippen molar-refractivity contribution in [2.75, 3.05) is 26.8 Å². The molecule has 0 aliphatic carbocycles. The van der Waals surface area contributed by atoms with Crippen LogP contribution in [0.15, 0.2) is 34.7 Å². The zero-order valence-corrected chi connectivity index (χ0v) is 14.8. The molecule has 0 saturated carbocycles. The Balaban J connectivity index is 1.53. The van der Waals surface area contributed by atoms with Crippen LogP contribution in [0.25, 0.3) is 0 Å². The number of ether oxygens (including phenoxy) is 2. The van der Waals surface area contributed by atoms with Gasteiger partial charge in [-0.1, -0.05) is 6.07 Å². The van der Waals surface area contributed by atoms with Gasteiger partial charge in [0.05, 0.1) is 19.3 Å². The van der Waals surface area contributed by atoms with Crippen molar-refractivity contribution in [2.45, 2.75) is 24.9 Å². The van der Waals surface area contributed by atoms with E-state index in [1.165, 1.54) is 11.1 Å². The monoisotopic (exact) mass is 361 g/mol. The molecule has 1 saturated heterocycles. The van der Waals surface area contributed by atoms with Crippen LogP contribution in [0, 0.1) is 0 Å². The summed E-state index contributed by atoms with van der Waals surface area (Å²) in [6, 6.07) is 9.40. The summed E-state index contributed by atoms with van der Waals surface area (Å²) in [5.41, 5.74) is 2.20. The molecule has 6 heteroatoms. The van der Waals surface area contributed by atoms with Gasteiger partial charge < -0.3 is 18.8 Å². The third-order valence-electron chi connectivity index (χ3n) is 5.20. The van der Waals surface area contributed by atoms with Gasteiger partial charge in [0.25, 0.3) is 5.91 Å². The Labute approximate surface area is 151 Å². The maximum atomic E-state index is 12.5. The number of halogens is 1. The maximum Gasteiger partial charge on any atom is 0.289 e. The highest BCUT2D eigenvalue weighted by molar-refractivity contribution is 6.29. The van der Waals surface area contributed by atoms with E-state index >= 15 is 0 Å². The number of nitrogens with zero attached hydrogens (tertiary/aromatic N) is 1. The number of hydrogen-bond donors (Lipinski definition) is 0. The van der Waals surface area contributed by atoms with Gasteiger partial charge in [-0.05, 0) is 66.3 Å². The van der Waals surface area contributed by atoms with Crippen molar-refractivity contribution in [1.82, 2.24) is 4.90 Å². The van der Waals surface area contributed by atoms with Gasteiger partial charge in [0.2, 0.25) is 0 Å². The Bertz CT molecular complexity index is 792. The molecule has 0 unspecified atom stereocenters. The first-order valence-corrected chi connectivity index (χ1v) is 8.85. The van der Waals surface area contributed by atoms with Crippen molar-refractivity contribution in [3.63, 3.8) is 0 Å². The quantitative estimate of drug-likeness (QED) is 0.819. The van der Waals surface area contributed by atoms with Gasteiger partial charge in [-0.25, -0.2) is 0 Å². The maximum absolute atomic E-state index is 12.5. The molecule has 2 aromatic rings. The predicted molar refractivity (Wildman–Crippen MR) is 93.2 cm³/mol. The molecule has 0 atom stereocenters. The lowest BCUT2D eigenvalue weighted by atomic mass is 9.79. The van der Waals surface area contributed by atoms with E-state index < -0.39 is 0 Å². The standard InChI is InChI=1S/C19H20ClNO4/c1-23-14-2-3-15-13(12-14)6-11-24-19(15)7-9-21(10-8-19)18(22)16-4-5-17(20)25-16/h2-5,12H,6-11H2,1H3. The Morgan fingerprint density at radius 3 is 2.72 bits per heavy atom. The van der Waals surface area contributed by atoms with E-state index in [0.29, 0.717) is 19.7 Å². The van der Waals surface area contributed by atoms with Crippen molar-refractivity contribution >= 4 is 17.5 Å². The van der Waals surface area contributed by atoms with Crippen LogP contribution in [-0.4, -0.2) is 37.6 Å². The van der Waals surface area contributed by atoms with Crippen LogP contribution in [0.1, 0.15) is 34.5 Å². The molecule has 5 nitrogen and oxygen atoms in total. The first kappa shape index (κ1) is 16.5. The summed E-state index contributed by atoms with van der Waals surface area (Å²) in [6.07, 6.45) is 2.43. The highest BCUT2D eigenvalue weighted by Gasteiger charge is 2.42. The van der Waals surface area contributed by atoms with Crippen molar-refractivity contribution in [3.05, 3.63) is 52.4 Å². The number of methoxy groups -OCH3 is 1. The van der Waals surface area contributed by atoms with E-state index in [-0.39, 0.29) is 22.5 Å². The molecule has 0 bridgehead atoms. The van der Waals surface area contributed by atoms with Gasteiger partial charge >= 0.3 is 0 Å². The number of furan rings is 1. The average molecular weight is 362 g/mol. The number of amides is 1. The Kier molecular flexibility index (Phi) is 4.21. The normalized spacial score (nSPS) is 18.9. The highest BCUT2D eigenvalue weighted by atomic mass is 35.5. The summed E-state index contributed by atoms with van der Waals surface area (Å²) in [5.74, 6) is 1.04. The molecule has 2 aliphatic heterocycles. The molecule has 3 heterocycles. The van der Waals surface area contributed by atoms with Gasteiger partial charge in [-0.15, -0.1) is 0 Å². The van der Waals surface area contributed by atoms with Crippen LogP contribution < -0.4 is 4.74 Å². The molecule has 1 spiro atoms. The summed E-state index contributed by atoms with van der Waals surface area (Å²) >= 11 is 5.77. The fourth-order valence-corrected chi connectivity index (χ4v) is 4.00. The Hall–Kier alpha value is -1.98. The molecular formula is C19H20ClNO4. The molecule has 0 radical (unpaired) electrons. The Morgan fingerprint density at radius 2 is 2.04 bits per heavy atom. The third-order valence-corrected chi connectivity index (χ3v) is 5.40. The van der Waals surface area contributed by atoms with Crippen LogP contribution in [0.3, 0.4) is 0 Å². The second-order valence-corrected chi connectivity index (χ2v) is 6.88. The van der Waals surface area contributed by atoms with E-state index in [9.17, 15) is 4.79 Å². The number of fused-ring (bicyclic) bond motifs is 2. The van der Waals surface area contributed by atoms with Crippen molar-refractivity contribution in [3.8, 4) is 5.75 Å². The number of carbonyl (C=O) groups is 1. The van der Waals surface area contributed by atoms with Gasteiger partial charge in [0, 0.05) is 13.1 Å². The molecule has 1 aromatic carbocycles. The summed E-state index contributed by atoms with van der Waals surface area (Å²) in [4.78, 5) is 14.3. The number of carbonyl (C=O) groups excluding carboxylic acids is 1. The number of piperidine rings is 1. The summed E-state index contributed by atoms with van der Waals surface area (Å²) in [6.45, 7) is 1.95. The zero-order valence-electron chi connectivity index (χ0n) is 14.1. The van der Waals surface area contributed by atoms with Gasteiger partial charge in [0.1, 0.15) is 5.75 Å². The molecule has 2 aliphatic rings.